The number of hydrogen-bond donors (Lipinski definition) is 3. The first kappa shape index (κ1) is 18.4. The first-order chi connectivity index (χ1) is 11.7. The Balaban J connectivity index is 1.59. The number of anilines is 1. The summed E-state index contributed by atoms with van der Waals surface area (Å²) in [7, 11) is 0. The van der Waals surface area contributed by atoms with Crippen molar-refractivity contribution in [2.75, 3.05) is 37.6 Å². The zero-order valence-corrected chi connectivity index (χ0v) is 13.6. The van der Waals surface area contributed by atoms with Gasteiger partial charge in [0.1, 0.15) is 11.8 Å². The quantitative estimate of drug-likeness (QED) is 0.720. The van der Waals surface area contributed by atoms with Crippen LogP contribution in [0.3, 0.4) is 0 Å². The molecule has 3 N–H and O–H groups in total. The number of hydrogen-bond acceptors (Lipinski definition) is 6. The maximum atomic E-state index is 12.8. The van der Waals surface area contributed by atoms with E-state index in [0.29, 0.717) is 25.3 Å². The highest BCUT2D eigenvalue weighted by atomic mass is 19.4. The molecule has 1 aromatic rings. The van der Waals surface area contributed by atoms with E-state index in [-0.39, 0.29) is 19.0 Å². The number of likely N-dealkylation sites (tertiary alicyclic amines) is 1. The minimum Gasteiger partial charge on any atom is -0.389 e. The molecule has 0 bridgehead atoms. The first-order valence-electron chi connectivity index (χ1n) is 8.29. The van der Waals surface area contributed by atoms with E-state index in [1.165, 1.54) is 6.20 Å². The molecule has 2 fully saturated rings. The van der Waals surface area contributed by atoms with Crippen molar-refractivity contribution in [3.8, 4) is 0 Å². The van der Waals surface area contributed by atoms with Gasteiger partial charge < -0.3 is 20.2 Å². The molecule has 4 atom stereocenters. The molecular weight excluding hydrogens is 339 g/mol. The Morgan fingerprint density at radius 1 is 1.12 bits per heavy atom. The lowest BCUT2D eigenvalue weighted by Gasteiger charge is -2.38. The summed E-state index contributed by atoms with van der Waals surface area (Å²) < 4.78 is 38.4. The van der Waals surface area contributed by atoms with Crippen LogP contribution in [0.25, 0.3) is 0 Å². The second-order valence-corrected chi connectivity index (χ2v) is 6.84. The van der Waals surface area contributed by atoms with Crippen LogP contribution in [0, 0.1) is 5.92 Å². The van der Waals surface area contributed by atoms with Crippen molar-refractivity contribution in [3.63, 3.8) is 0 Å². The number of β-amino-alcohol motifs (C(OH)–C–C–N with tert-alkyl or cyclic N) is 2. The Morgan fingerprint density at radius 3 is 2.44 bits per heavy atom. The van der Waals surface area contributed by atoms with Gasteiger partial charge >= 0.3 is 6.18 Å². The van der Waals surface area contributed by atoms with Crippen LogP contribution in [0.15, 0.2) is 18.3 Å². The van der Waals surface area contributed by atoms with Gasteiger partial charge in [0.2, 0.25) is 0 Å². The van der Waals surface area contributed by atoms with Crippen molar-refractivity contribution >= 4 is 5.69 Å². The van der Waals surface area contributed by atoms with Crippen LogP contribution in [-0.2, 0) is 6.18 Å². The highest BCUT2D eigenvalue weighted by Crippen LogP contribution is 2.31. The summed E-state index contributed by atoms with van der Waals surface area (Å²) in [6, 6.07) is 2.63. The molecule has 1 aromatic heterocycles. The molecule has 0 aromatic carbocycles. The number of aromatic nitrogens is 1. The third-order valence-corrected chi connectivity index (χ3v) is 4.88. The average molecular weight is 361 g/mol. The molecule has 0 amide bonds. The van der Waals surface area contributed by atoms with Crippen molar-refractivity contribution in [2.24, 2.45) is 5.92 Å². The normalized spacial score (nSPS) is 31.5. The fourth-order valence-corrected chi connectivity index (χ4v) is 3.58. The average Bonchev–Trinajstić information content (AvgIpc) is 3.00. The Kier molecular flexibility index (Phi) is 5.19. The zero-order valence-electron chi connectivity index (χ0n) is 13.6. The number of aliphatic hydroxyl groups is 3. The lowest BCUT2D eigenvalue weighted by atomic mass is 10.00. The number of nitrogens with zero attached hydrogens (tertiary/aromatic N) is 3. The predicted molar refractivity (Wildman–Crippen MR) is 84.0 cm³/mol. The lowest BCUT2D eigenvalue weighted by molar-refractivity contribution is -0.141. The van der Waals surface area contributed by atoms with E-state index in [1.54, 1.807) is 6.07 Å². The molecule has 9 heteroatoms. The van der Waals surface area contributed by atoms with Crippen LogP contribution in [0.5, 0.6) is 0 Å². The molecule has 6 nitrogen and oxygen atoms in total. The second kappa shape index (κ2) is 7.06. The van der Waals surface area contributed by atoms with E-state index in [1.807, 2.05) is 9.80 Å². The van der Waals surface area contributed by atoms with E-state index in [9.17, 15) is 28.5 Å². The maximum absolute atomic E-state index is 12.8. The summed E-state index contributed by atoms with van der Waals surface area (Å²) in [5.41, 5.74) is -0.399. The van der Waals surface area contributed by atoms with E-state index in [2.05, 4.69) is 4.98 Å². The van der Waals surface area contributed by atoms with E-state index in [0.717, 1.165) is 12.5 Å². The second-order valence-electron chi connectivity index (χ2n) is 6.84. The molecule has 0 unspecified atom stereocenters. The van der Waals surface area contributed by atoms with Gasteiger partial charge in [0, 0.05) is 44.6 Å². The summed E-state index contributed by atoms with van der Waals surface area (Å²) in [5.74, 6) is 0.220. The molecule has 2 saturated heterocycles. The molecule has 2 aliphatic rings. The molecule has 0 radical (unpaired) electrons. The van der Waals surface area contributed by atoms with Gasteiger partial charge in [0.05, 0.1) is 12.2 Å². The van der Waals surface area contributed by atoms with Crippen molar-refractivity contribution in [1.29, 1.82) is 0 Å². The molecule has 3 rings (SSSR count). The summed E-state index contributed by atoms with van der Waals surface area (Å²) in [4.78, 5) is 7.17. The third kappa shape index (κ3) is 4.22. The van der Waals surface area contributed by atoms with Gasteiger partial charge in [-0.25, -0.2) is 0 Å². The Bertz CT molecular complexity index is 589. The van der Waals surface area contributed by atoms with Crippen LogP contribution in [0.1, 0.15) is 12.1 Å². The van der Waals surface area contributed by atoms with Gasteiger partial charge in [-0.3, -0.25) is 9.88 Å². The fourth-order valence-electron chi connectivity index (χ4n) is 3.58. The minimum absolute atomic E-state index is 0.220. The van der Waals surface area contributed by atoms with Gasteiger partial charge in [0.15, 0.2) is 0 Å². The van der Waals surface area contributed by atoms with Crippen molar-refractivity contribution in [3.05, 3.63) is 24.0 Å². The number of halogens is 3. The topological polar surface area (TPSA) is 80.1 Å². The molecule has 0 aliphatic carbocycles. The molecule has 0 spiro atoms. The summed E-state index contributed by atoms with van der Waals surface area (Å²) >= 11 is 0. The predicted octanol–water partition coefficient (Wildman–Crippen LogP) is 0.325. The van der Waals surface area contributed by atoms with Crippen molar-refractivity contribution in [1.82, 2.24) is 9.88 Å². The number of aliphatic hydroxyl groups excluding tert-OH is 3. The van der Waals surface area contributed by atoms with Gasteiger partial charge in [-0.05, 0) is 24.5 Å². The van der Waals surface area contributed by atoms with Gasteiger partial charge in [-0.1, -0.05) is 0 Å². The number of alkyl halides is 3. The van der Waals surface area contributed by atoms with E-state index >= 15 is 0 Å². The van der Waals surface area contributed by atoms with Gasteiger partial charge in [-0.2, -0.15) is 13.2 Å². The largest absolute Gasteiger partial charge is 0.433 e. The monoisotopic (exact) mass is 361 g/mol. The summed E-state index contributed by atoms with van der Waals surface area (Å²) in [5, 5.41) is 29.1. The first-order valence-corrected chi connectivity index (χ1v) is 8.29. The maximum Gasteiger partial charge on any atom is 0.433 e. The zero-order chi connectivity index (χ0) is 18.2. The molecule has 25 heavy (non-hydrogen) atoms. The van der Waals surface area contributed by atoms with Crippen molar-refractivity contribution in [2.45, 2.75) is 30.9 Å². The Labute approximate surface area is 143 Å². The van der Waals surface area contributed by atoms with E-state index < -0.39 is 30.2 Å². The highest BCUT2D eigenvalue weighted by molar-refractivity contribution is 5.48. The van der Waals surface area contributed by atoms with Gasteiger partial charge in [0.25, 0.3) is 0 Å². The number of piperidine rings is 1. The molecule has 0 saturated carbocycles. The van der Waals surface area contributed by atoms with Gasteiger partial charge in [-0.15, -0.1) is 0 Å². The van der Waals surface area contributed by atoms with E-state index in [4.69, 9.17) is 0 Å². The SMILES string of the molecule is O[C@H]1[C@H](O)CN(C[C@@H]2CCN(c3ccnc(C(F)(F)F)c3)C2)C[C@@H]1O. The summed E-state index contributed by atoms with van der Waals surface area (Å²) in [6.45, 7) is 2.43. The highest BCUT2D eigenvalue weighted by Gasteiger charge is 2.36. The molecule has 140 valence electrons. The Morgan fingerprint density at radius 2 is 1.80 bits per heavy atom. The number of pyridine rings is 1. The fraction of sp³-hybridized carbons (Fsp3) is 0.688. The Hall–Kier alpha value is -1.42. The van der Waals surface area contributed by atoms with Crippen LogP contribution in [-0.4, -0.2) is 76.2 Å². The van der Waals surface area contributed by atoms with Crippen LogP contribution >= 0.6 is 0 Å². The third-order valence-electron chi connectivity index (χ3n) is 4.88. The number of rotatable bonds is 3. The van der Waals surface area contributed by atoms with Crippen molar-refractivity contribution < 1.29 is 28.5 Å². The van der Waals surface area contributed by atoms with Crippen LogP contribution in [0.4, 0.5) is 18.9 Å². The smallest absolute Gasteiger partial charge is 0.389 e. The van der Waals surface area contributed by atoms with Crippen LogP contribution in [0.2, 0.25) is 0 Å². The molecule has 3 heterocycles. The molecular formula is C16H22F3N3O3. The van der Waals surface area contributed by atoms with Crippen LogP contribution < -0.4 is 4.90 Å². The lowest BCUT2D eigenvalue weighted by Crippen LogP contribution is -2.56. The summed E-state index contributed by atoms with van der Waals surface area (Å²) in [6.07, 6.45) is -5.59. The minimum atomic E-state index is -4.46. The standard InChI is InChI=1S/C16H22F3N3O3/c17-16(18,19)14-5-11(1-3-20-14)22-4-2-10(7-22)6-21-8-12(23)15(25)13(24)9-21/h1,3,5,10,12-13,15,23-25H,2,4,6-9H2/t10-,12-,13+,15+/m0/s1. The molecule has 2 aliphatic heterocycles.